The number of aryl methyl sites for hydroxylation is 1. The maximum absolute atomic E-state index is 12.3. The Bertz CT molecular complexity index is 860. The highest BCUT2D eigenvalue weighted by atomic mass is 35.5. The van der Waals surface area contributed by atoms with Crippen LogP contribution in [0.5, 0.6) is 0 Å². The smallest absolute Gasteiger partial charge is 0.292 e. The summed E-state index contributed by atoms with van der Waals surface area (Å²) in [4.78, 5) is 16.7. The molecule has 0 saturated carbocycles. The first-order chi connectivity index (χ1) is 11.1. The van der Waals surface area contributed by atoms with Crippen molar-refractivity contribution in [2.24, 2.45) is 0 Å². The highest BCUT2D eigenvalue weighted by Gasteiger charge is 2.10. The molecule has 0 amide bonds. The summed E-state index contributed by atoms with van der Waals surface area (Å²) in [5, 5.41) is 10.5. The molecule has 0 bridgehead atoms. The number of rotatable bonds is 5. The zero-order chi connectivity index (χ0) is 16.2. The standard InChI is InChI=1S/C16H15ClN4OS/c1-11-10-23-14(20-11)7-8-18-13-9-19-21(16(22)15(13)17)12-5-3-2-4-6-12/h2-6,9-10,18H,7-8H2,1H3. The summed E-state index contributed by atoms with van der Waals surface area (Å²) in [5.41, 5.74) is 1.91. The maximum atomic E-state index is 12.3. The lowest BCUT2D eigenvalue weighted by molar-refractivity contribution is 0.806. The average Bonchev–Trinajstić information content (AvgIpc) is 2.98. The molecule has 118 valence electrons. The van der Waals surface area contributed by atoms with Gasteiger partial charge in [-0.2, -0.15) is 9.78 Å². The minimum Gasteiger partial charge on any atom is -0.382 e. The van der Waals surface area contributed by atoms with Crippen LogP contribution in [0.25, 0.3) is 5.69 Å². The second-order valence-corrected chi connectivity index (χ2v) is 6.30. The molecule has 1 aromatic carbocycles. The van der Waals surface area contributed by atoms with Crippen LogP contribution < -0.4 is 10.9 Å². The molecule has 5 nitrogen and oxygen atoms in total. The Kier molecular flexibility index (Phi) is 4.73. The van der Waals surface area contributed by atoms with E-state index in [9.17, 15) is 4.79 Å². The molecule has 7 heteroatoms. The molecule has 3 rings (SSSR count). The van der Waals surface area contributed by atoms with Gasteiger partial charge in [0.15, 0.2) is 0 Å². The number of thiazole rings is 1. The van der Waals surface area contributed by atoms with Crippen LogP contribution in [0, 0.1) is 6.92 Å². The molecule has 0 unspecified atom stereocenters. The van der Waals surface area contributed by atoms with Gasteiger partial charge in [-0.1, -0.05) is 29.8 Å². The summed E-state index contributed by atoms with van der Waals surface area (Å²) in [6.45, 7) is 2.61. The summed E-state index contributed by atoms with van der Waals surface area (Å²) in [6.07, 6.45) is 2.35. The molecular formula is C16H15ClN4OS. The fraction of sp³-hybridized carbons (Fsp3) is 0.188. The predicted octanol–water partition coefficient (Wildman–Crippen LogP) is 3.31. The van der Waals surface area contributed by atoms with Crippen molar-refractivity contribution < 1.29 is 0 Å². The lowest BCUT2D eigenvalue weighted by Gasteiger charge is -2.09. The topological polar surface area (TPSA) is 59.8 Å². The Hall–Kier alpha value is -2.18. The molecule has 0 saturated heterocycles. The lowest BCUT2D eigenvalue weighted by atomic mass is 10.3. The molecular weight excluding hydrogens is 332 g/mol. The van der Waals surface area contributed by atoms with E-state index < -0.39 is 0 Å². The Morgan fingerprint density at radius 2 is 2.09 bits per heavy atom. The van der Waals surface area contributed by atoms with Crippen molar-refractivity contribution in [1.82, 2.24) is 14.8 Å². The molecule has 3 aromatic rings. The van der Waals surface area contributed by atoms with Crippen LogP contribution in [-0.2, 0) is 6.42 Å². The molecule has 23 heavy (non-hydrogen) atoms. The minimum atomic E-state index is -0.340. The highest BCUT2D eigenvalue weighted by molar-refractivity contribution is 7.09. The molecule has 0 radical (unpaired) electrons. The van der Waals surface area contributed by atoms with Crippen LogP contribution in [0.1, 0.15) is 10.7 Å². The fourth-order valence-corrected chi connectivity index (χ4v) is 3.10. The highest BCUT2D eigenvalue weighted by Crippen LogP contribution is 2.17. The molecule has 0 aliphatic rings. The van der Waals surface area contributed by atoms with Crippen molar-refractivity contribution in [3.05, 3.63) is 68.0 Å². The predicted molar refractivity (Wildman–Crippen MR) is 93.9 cm³/mol. The van der Waals surface area contributed by atoms with E-state index in [2.05, 4.69) is 15.4 Å². The first-order valence-corrected chi connectivity index (χ1v) is 8.39. The van der Waals surface area contributed by atoms with Crippen molar-refractivity contribution in [3.8, 4) is 5.69 Å². The Morgan fingerprint density at radius 1 is 1.30 bits per heavy atom. The summed E-state index contributed by atoms with van der Waals surface area (Å²) < 4.78 is 1.29. The molecule has 0 atom stereocenters. The number of halogens is 1. The summed E-state index contributed by atoms with van der Waals surface area (Å²) in [6, 6.07) is 9.19. The number of hydrogen-bond acceptors (Lipinski definition) is 5. The number of para-hydroxylation sites is 1. The van der Waals surface area contributed by atoms with Gasteiger partial charge >= 0.3 is 0 Å². The van der Waals surface area contributed by atoms with E-state index in [0.29, 0.717) is 17.9 Å². The summed E-state index contributed by atoms with van der Waals surface area (Å²) in [5.74, 6) is 0. The van der Waals surface area contributed by atoms with Gasteiger partial charge in [0.1, 0.15) is 5.02 Å². The second kappa shape index (κ2) is 6.93. The van der Waals surface area contributed by atoms with Crippen LogP contribution in [0.4, 0.5) is 5.69 Å². The number of nitrogens with zero attached hydrogens (tertiary/aromatic N) is 3. The van der Waals surface area contributed by atoms with Gasteiger partial charge in [-0.25, -0.2) is 4.98 Å². The van der Waals surface area contributed by atoms with Crippen LogP contribution in [0.3, 0.4) is 0 Å². The Balaban J connectivity index is 1.74. The van der Waals surface area contributed by atoms with E-state index in [0.717, 1.165) is 17.1 Å². The first-order valence-electron chi connectivity index (χ1n) is 7.13. The largest absolute Gasteiger partial charge is 0.382 e. The average molecular weight is 347 g/mol. The monoisotopic (exact) mass is 346 g/mol. The quantitative estimate of drug-likeness (QED) is 0.770. The van der Waals surface area contributed by atoms with E-state index in [1.165, 1.54) is 4.68 Å². The SMILES string of the molecule is Cc1csc(CCNc2cnn(-c3ccccc3)c(=O)c2Cl)n1. The first kappa shape index (κ1) is 15.7. The number of hydrogen-bond donors (Lipinski definition) is 1. The molecule has 1 N–H and O–H groups in total. The second-order valence-electron chi connectivity index (χ2n) is 4.98. The Morgan fingerprint density at radius 3 is 2.78 bits per heavy atom. The van der Waals surface area contributed by atoms with Gasteiger partial charge in [0.25, 0.3) is 5.56 Å². The molecule has 2 heterocycles. The van der Waals surface area contributed by atoms with Crippen LogP contribution in [-0.4, -0.2) is 21.3 Å². The van der Waals surface area contributed by atoms with Gasteiger partial charge in [0.2, 0.25) is 0 Å². The van der Waals surface area contributed by atoms with Crippen molar-refractivity contribution in [1.29, 1.82) is 0 Å². The summed E-state index contributed by atoms with van der Waals surface area (Å²) in [7, 11) is 0. The fourth-order valence-electron chi connectivity index (χ4n) is 2.13. The lowest BCUT2D eigenvalue weighted by Crippen LogP contribution is -2.23. The van der Waals surface area contributed by atoms with Gasteiger partial charge in [0.05, 0.1) is 22.6 Å². The van der Waals surface area contributed by atoms with Crippen LogP contribution in [0.15, 0.2) is 46.7 Å². The van der Waals surface area contributed by atoms with Crippen molar-refractivity contribution in [2.45, 2.75) is 13.3 Å². The third-order valence-electron chi connectivity index (χ3n) is 3.24. The normalized spacial score (nSPS) is 10.7. The van der Waals surface area contributed by atoms with E-state index in [-0.39, 0.29) is 10.6 Å². The van der Waals surface area contributed by atoms with Gasteiger partial charge in [-0.05, 0) is 19.1 Å². The molecule has 0 fully saturated rings. The van der Waals surface area contributed by atoms with Crippen molar-refractivity contribution in [3.63, 3.8) is 0 Å². The molecule has 0 spiro atoms. The van der Waals surface area contributed by atoms with Gasteiger partial charge in [0, 0.05) is 24.0 Å². The number of anilines is 1. The third-order valence-corrected chi connectivity index (χ3v) is 4.63. The van der Waals surface area contributed by atoms with Gasteiger partial charge in [-0.3, -0.25) is 4.79 Å². The minimum absolute atomic E-state index is 0.138. The molecule has 0 aliphatic carbocycles. The van der Waals surface area contributed by atoms with Crippen LogP contribution in [0.2, 0.25) is 5.02 Å². The van der Waals surface area contributed by atoms with Crippen LogP contribution >= 0.6 is 22.9 Å². The molecule has 0 aliphatic heterocycles. The van der Waals surface area contributed by atoms with E-state index >= 15 is 0 Å². The van der Waals surface area contributed by atoms with Gasteiger partial charge < -0.3 is 5.32 Å². The van der Waals surface area contributed by atoms with Crippen molar-refractivity contribution >= 4 is 28.6 Å². The Labute approximate surface area is 142 Å². The number of nitrogens with one attached hydrogen (secondary N) is 1. The zero-order valence-electron chi connectivity index (χ0n) is 12.5. The van der Waals surface area contributed by atoms with E-state index in [1.54, 1.807) is 17.5 Å². The number of benzene rings is 1. The number of aromatic nitrogens is 3. The maximum Gasteiger partial charge on any atom is 0.292 e. The van der Waals surface area contributed by atoms with Gasteiger partial charge in [-0.15, -0.1) is 11.3 Å². The summed E-state index contributed by atoms with van der Waals surface area (Å²) >= 11 is 7.81. The van der Waals surface area contributed by atoms with Crippen molar-refractivity contribution in [2.75, 3.05) is 11.9 Å². The third kappa shape index (κ3) is 3.60. The van der Waals surface area contributed by atoms with E-state index in [1.807, 2.05) is 42.6 Å². The van der Waals surface area contributed by atoms with E-state index in [4.69, 9.17) is 11.6 Å². The zero-order valence-corrected chi connectivity index (χ0v) is 14.1. The molecule has 2 aromatic heterocycles.